The maximum Gasteiger partial charge on any atom is 0.0742 e. The molecule has 2 unspecified atom stereocenters. The second kappa shape index (κ2) is 9.92. The van der Waals surface area contributed by atoms with Crippen molar-refractivity contribution in [1.29, 1.82) is 0 Å². The molecule has 0 aliphatic heterocycles. The van der Waals surface area contributed by atoms with E-state index < -0.39 is 0 Å². The summed E-state index contributed by atoms with van der Waals surface area (Å²) in [5.41, 5.74) is 2.64. The van der Waals surface area contributed by atoms with Gasteiger partial charge in [-0.1, -0.05) is 38.1 Å². The Labute approximate surface area is 123 Å². The van der Waals surface area contributed by atoms with Crippen molar-refractivity contribution in [2.45, 2.75) is 45.8 Å². The molecular formula is C17H29NO2. The average molecular weight is 279 g/mol. The Bertz CT molecular complexity index is 351. The molecule has 1 aromatic carbocycles. The number of benzene rings is 1. The highest BCUT2D eigenvalue weighted by Crippen LogP contribution is 2.19. The highest BCUT2D eigenvalue weighted by Gasteiger charge is 2.17. The minimum atomic E-state index is 0.123. The predicted octanol–water partition coefficient (Wildman–Crippen LogP) is 3.34. The van der Waals surface area contributed by atoms with Crippen LogP contribution in [0.4, 0.5) is 0 Å². The van der Waals surface area contributed by atoms with Crippen LogP contribution in [0.2, 0.25) is 0 Å². The molecule has 0 aromatic heterocycles. The van der Waals surface area contributed by atoms with Crippen LogP contribution in [0.3, 0.4) is 0 Å². The number of hydrogen-bond acceptors (Lipinski definition) is 3. The van der Waals surface area contributed by atoms with Gasteiger partial charge < -0.3 is 14.8 Å². The minimum absolute atomic E-state index is 0.123. The largest absolute Gasteiger partial charge is 0.379 e. The zero-order valence-electron chi connectivity index (χ0n) is 13.3. The molecule has 0 aliphatic rings. The van der Waals surface area contributed by atoms with Crippen LogP contribution in [-0.2, 0) is 15.9 Å². The second-order valence-electron chi connectivity index (χ2n) is 5.05. The van der Waals surface area contributed by atoms with Gasteiger partial charge in [0.25, 0.3) is 0 Å². The number of rotatable bonds is 10. The molecule has 0 saturated heterocycles. The molecule has 0 bridgehead atoms. The van der Waals surface area contributed by atoms with Crippen molar-refractivity contribution in [2.24, 2.45) is 0 Å². The maximum absolute atomic E-state index is 5.87. The smallest absolute Gasteiger partial charge is 0.0742 e. The van der Waals surface area contributed by atoms with E-state index in [1.54, 1.807) is 0 Å². The Hall–Kier alpha value is -0.900. The SMILES string of the molecule is CCCOCCOC(C)C(NC)c1ccc(CC)cc1. The first-order valence-electron chi connectivity index (χ1n) is 7.68. The lowest BCUT2D eigenvalue weighted by molar-refractivity contribution is -0.00237. The van der Waals surface area contributed by atoms with Gasteiger partial charge >= 0.3 is 0 Å². The minimum Gasteiger partial charge on any atom is -0.379 e. The van der Waals surface area contributed by atoms with E-state index in [9.17, 15) is 0 Å². The molecule has 114 valence electrons. The summed E-state index contributed by atoms with van der Waals surface area (Å²) in [5, 5.41) is 3.34. The van der Waals surface area contributed by atoms with Crippen molar-refractivity contribution in [1.82, 2.24) is 5.32 Å². The molecule has 1 N–H and O–H groups in total. The summed E-state index contributed by atoms with van der Waals surface area (Å²) in [6.45, 7) is 8.52. The lowest BCUT2D eigenvalue weighted by atomic mass is 10.0. The normalized spacial score (nSPS) is 14.2. The van der Waals surface area contributed by atoms with Crippen molar-refractivity contribution in [3.05, 3.63) is 35.4 Å². The highest BCUT2D eigenvalue weighted by atomic mass is 16.5. The van der Waals surface area contributed by atoms with Crippen LogP contribution in [0.5, 0.6) is 0 Å². The summed E-state index contributed by atoms with van der Waals surface area (Å²) in [6.07, 6.45) is 2.25. The molecule has 1 rings (SSSR count). The topological polar surface area (TPSA) is 30.5 Å². The quantitative estimate of drug-likeness (QED) is 0.666. The van der Waals surface area contributed by atoms with Gasteiger partial charge in [0.05, 0.1) is 25.4 Å². The highest BCUT2D eigenvalue weighted by molar-refractivity contribution is 5.25. The molecule has 0 spiro atoms. The summed E-state index contributed by atoms with van der Waals surface area (Å²) in [6, 6.07) is 8.97. The molecule has 0 saturated carbocycles. The first kappa shape index (κ1) is 17.2. The van der Waals surface area contributed by atoms with Gasteiger partial charge in [0, 0.05) is 6.61 Å². The number of ether oxygens (including phenoxy) is 2. The first-order chi connectivity index (χ1) is 9.72. The molecule has 0 heterocycles. The van der Waals surface area contributed by atoms with Crippen LogP contribution in [-0.4, -0.2) is 33.0 Å². The molecule has 2 atom stereocenters. The van der Waals surface area contributed by atoms with Crippen molar-refractivity contribution in [3.63, 3.8) is 0 Å². The Morgan fingerprint density at radius 1 is 1.05 bits per heavy atom. The first-order valence-corrected chi connectivity index (χ1v) is 7.68. The third-order valence-electron chi connectivity index (χ3n) is 3.48. The number of nitrogens with one attached hydrogen (secondary N) is 1. The van der Waals surface area contributed by atoms with Crippen molar-refractivity contribution in [3.8, 4) is 0 Å². The zero-order valence-corrected chi connectivity index (χ0v) is 13.3. The van der Waals surface area contributed by atoms with Crippen LogP contribution >= 0.6 is 0 Å². The van der Waals surface area contributed by atoms with Crippen molar-refractivity contribution < 1.29 is 9.47 Å². The van der Waals surface area contributed by atoms with Gasteiger partial charge in [-0.05, 0) is 37.9 Å². The van der Waals surface area contributed by atoms with E-state index in [1.807, 2.05) is 7.05 Å². The molecule has 1 aromatic rings. The average Bonchev–Trinajstić information content (AvgIpc) is 2.48. The van der Waals surface area contributed by atoms with Crippen LogP contribution < -0.4 is 5.32 Å². The summed E-state index contributed by atoms with van der Waals surface area (Å²) in [5.74, 6) is 0. The van der Waals surface area contributed by atoms with Crippen molar-refractivity contribution >= 4 is 0 Å². The lowest BCUT2D eigenvalue weighted by Crippen LogP contribution is -2.30. The molecule has 3 nitrogen and oxygen atoms in total. The molecule has 0 amide bonds. The van der Waals surface area contributed by atoms with Gasteiger partial charge in [0.2, 0.25) is 0 Å². The predicted molar refractivity (Wildman–Crippen MR) is 84.1 cm³/mol. The number of aryl methyl sites for hydroxylation is 1. The molecule has 0 fully saturated rings. The van der Waals surface area contributed by atoms with E-state index in [0.29, 0.717) is 13.2 Å². The Morgan fingerprint density at radius 2 is 1.75 bits per heavy atom. The van der Waals surface area contributed by atoms with Gasteiger partial charge in [0.15, 0.2) is 0 Å². The fourth-order valence-electron chi connectivity index (χ4n) is 2.27. The zero-order chi connectivity index (χ0) is 14.8. The van der Waals surface area contributed by atoms with Crippen LogP contribution in [0.25, 0.3) is 0 Å². The van der Waals surface area contributed by atoms with Gasteiger partial charge in [-0.25, -0.2) is 0 Å². The Morgan fingerprint density at radius 3 is 2.30 bits per heavy atom. The van der Waals surface area contributed by atoms with E-state index in [4.69, 9.17) is 9.47 Å². The van der Waals surface area contributed by atoms with E-state index in [1.165, 1.54) is 11.1 Å². The van der Waals surface area contributed by atoms with Crippen LogP contribution in [0.15, 0.2) is 24.3 Å². The van der Waals surface area contributed by atoms with Gasteiger partial charge in [0.1, 0.15) is 0 Å². The van der Waals surface area contributed by atoms with E-state index in [0.717, 1.165) is 19.4 Å². The molecule has 0 aliphatic carbocycles. The standard InChI is InChI=1S/C17H29NO2/c1-5-11-19-12-13-20-14(3)17(18-4)16-9-7-15(6-2)8-10-16/h7-10,14,17-18H,5-6,11-13H2,1-4H3. The third kappa shape index (κ3) is 5.61. The molecule has 20 heavy (non-hydrogen) atoms. The Kier molecular flexibility index (Phi) is 8.51. The molecule has 0 radical (unpaired) electrons. The van der Waals surface area contributed by atoms with Crippen molar-refractivity contribution in [2.75, 3.05) is 26.9 Å². The lowest BCUT2D eigenvalue weighted by Gasteiger charge is -2.24. The summed E-state index contributed by atoms with van der Waals surface area (Å²) in [4.78, 5) is 0. The summed E-state index contributed by atoms with van der Waals surface area (Å²) < 4.78 is 11.3. The van der Waals surface area contributed by atoms with Crippen LogP contribution in [0.1, 0.15) is 44.4 Å². The van der Waals surface area contributed by atoms with E-state index in [-0.39, 0.29) is 12.1 Å². The summed E-state index contributed by atoms with van der Waals surface area (Å²) >= 11 is 0. The maximum atomic E-state index is 5.87. The molecule has 3 heteroatoms. The van der Waals surface area contributed by atoms with Crippen LogP contribution in [0, 0.1) is 0 Å². The number of likely N-dealkylation sites (N-methyl/N-ethyl adjacent to an activating group) is 1. The fraction of sp³-hybridized carbons (Fsp3) is 0.647. The number of hydrogen-bond donors (Lipinski definition) is 1. The van der Waals surface area contributed by atoms with Gasteiger partial charge in [-0.2, -0.15) is 0 Å². The summed E-state index contributed by atoms with van der Waals surface area (Å²) in [7, 11) is 1.98. The Balaban J connectivity index is 2.46. The third-order valence-corrected chi connectivity index (χ3v) is 3.48. The molecular weight excluding hydrogens is 250 g/mol. The van der Waals surface area contributed by atoms with Gasteiger partial charge in [-0.3, -0.25) is 0 Å². The fourth-order valence-corrected chi connectivity index (χ4v) is 2.27. The second-order valence-corrected chi connectivity index (χ2v) is 5.05. The van der Waals surface area contributed by atoms with Gasteiger partial charge in [-0.15, -0.1) is 0 Å². The van der Waals surface area contributed by atoms with E-state index in [2.05, 4.69) is 50.4 Å². The van der Waals surface area contributed by atoms with E-state index >= 15 is 0 Å². The monoisotopic (exact) mass is 279 g/mol.